The first kappa shape index (κ1) is 14.7. The Morgan fingerprint density at radius 3 is 2.69 bits per heavy atom. The molecule has 0 aromatic carbocycles. The molecule has 0 heterocycles. The molecule has 0 aromatic rings. The number of carboxylic acids is 1. The molecule has 6 N–H and O–H groups in total. The first-order valence-electron chi connectivity index (χ1n) is 5.33. The van der Waals surface area contributed by atoms with E-state index in [2.05, 4.69) is 5.32 Å². The minimum Gasteiger partial charge on any atom is -0.480 e. The fourth-order valence-electron chi connectivity index (χ4n) is 1.17. The highest BCUT2D eigenvalue weighted by atomic mass is 16.4. The van der Waals surface area contributed by atoms with Crippen molar-refractivity contribution < 1.29 is 9.90 Å². The van der Waals surface area contributed by atoms with Gasteiger partial charge in [-0.2, -0.15) is 0 Å². The van der Waals surface area contributed by atoms with Crippen LogP contribution in [0.15, 0.2) is 11.9 Å². The van der Waals surface area contributed by atoms with Crippen molar-refractivity contribution in [2.24, 2.45) is 11.5 Å². The van der Waals surface area contributed by atoms with E-state index in [1.165, 1.54) is 0 Å². The Morgan fingerprint density at radius 1 is 1.62 bits per heavy atom. The number of nitrogens with one attached hydrogen (secondary N) is 1. The van der Waals surface area contributed by atoms with Gasteiger partial charge in [0.15, 0.2) is 0 Å². The molecule has 0 radical (unpaired) electrons. The van der Waals surface area contributed by atoms with Crippen molar-refractivity contribution >= 4 is 5.97 Å². The van der Waals surface area contributed by atoms with Gasteiger partial charge in [0.2, 0.25) is 0 Å². The van der Waals surface area contributed by atoms with E-state index in [9.17, 15) is 4.79 Å². The molecule has 1 atom stereocenters. The summed E-state index contributed by atoms with van der Waals surface area (Å²) >= 11 is 0. The molecule has 0 saturated carbocycles. The van der Waals surface area contributed by atoms with Crippen LogP contribution in [0.3, 0.4) is 0 Å². The first-order chi connectivity index (χ1) is 7.51. The van der Waals surface area contributed by atoms with E-state index in [1.807, 2.05) is 18.9 Å². The molecule has 16 heavy (non-hydrogen) atoms. The molecule has 0 aliphatic carbocycles. The number of hydrogen-bond acceptors (Lipinski definition) is 5. The average molecular weight is 230 g/mol. The molecule has 0 aromatic heterocycles. The number of carboxylic acid groups (broad SMARTS) is 1. The van der Waals surface area contributed by atoms with Crippen LogP contribution in [0.2, 0.25) is 0 Å². The van der Waals surface area contributed by atoms with Gasteiger partial charge in [-0.25, -0.2) is 0 Å². The lowest BCUT2D eigenvalue weighted by Gasteiger charge is -2.16. The second-order valence-corrected chi connectivity index (χ2v) is 3.61. The van der Waals surface area contributed by atoms with E-state index in [-0.39, 0.29) is 6.42 Å². The van der Waals surface area contributed by atoms with Gasteiger partial charge in [-0.15, -0.1) is 0 Å². The van der Waals surface area contributed by atoms with E-state index >= 15 is 0 Å². The molecule has 0 aliphatic rings. The third kappa shape index (κ3) is 6.26. The second-order valence-electron chi connectivity index (χ2n) is 3.61. The molecule has 0 aliphatic heterocycles. The first-order valence-corrected chi connectivity index (χ1v) is 5.33. The predicted octanol–water partition coefficient (Wildman–Crippen LogP) is -0.870. The van der Waals surface area contributed by atoms with Crippen molar-refractivity contribution in [1.29, 1.82) is 0 Å². The summed E-state index contributed by atoms with van der Waals surface area (Å²) in [6, 6.07) is -0.676. The van der Waals surface area contributed by atoms with Gasteiger partial charge in [-0.1, -0.05) is 0 Å². The minimum absolute atomic E-state index is 0.277. The van der Waals surface area contributed by atoms with Gasteiger partial charge < -0.3 is 26.8 Å². The van der Waals surface area contributed by atoms with Crippen LogP contribution in [0.5, 0.6) is 0 Å². The Morgan fingerprint density at radius 2 is 2.25 bits per heavy atom. The monoisotopic (exact) mass is 230 g/mol. The normalized spacial score (nSPS) is 13.6. The summed E-state index contributed by atoms with van der Waals surface area (Å²) < 4.78 is 0. The Hall–Kier alpha value is -1.27. The van der Waals surface area contributed by atoms with E-state index in [1.54, 1.807) is 6.20 Å². The van der Waals surface area contributed by atoms with Gasteiger partial charge in [0.25, 0.3) is 0 Å². The van der Waals surface area contributed by atoms with Crippen LogP contribution in [-0.4, -0.2) is 48.7 Å². The van der Waals surface area contributed by atoms with Crippen molar-refractivity contribution in [3.8, 4) is 0 Å². The molecule has 6 heteroatoms. The molecule has 0 amide bonds. The second kappa shape index (κ2) is 7.95. The van der Waals surface area contributed by atoms with E-state index < -0.39 is 12.0 Å². The third-order valence-corrected chi connectivity index (χ3v) is 2.16. The van der Waals surface area contributed by atoms with Crippen molar-refractivity contribution in [3.63, 3.8) is 0 Å². The SMILES string of the molecule is CCN(C)/C=C(\N)CC(NCCN)C(=O)O. The van der Waals surface area contributed by atoms with Gasteiger partial charge >= 0.3 is 5.97 Å². The van der Waals surface area contributed by atoms with Crippen molar-refractivity contribution in [3.05, 3.63) is 11.9 Å². The molecule has 0 bridgehead atoms. The lowest BCUT2D eigenvalue weighted by molar-refractivity contribution is -0.139. The zero-order valence-electron chi connectivity index (χ0n) is 9.94. The van der Waals surface area contributed by atoms with Gasteiger partial charge in [-0.05, 0) is 6.92 Å². The summed E-state index contributed by atoms with van der Waals surface area (Å²) in [7, 11) is 1.88. The molecule has 6 nitrogen and oxygen atoms in total. The molecule has 94 valence electrons. The average Bonchev–Trinajstić information content (AvgIpc) is 2.23. The van der Waals surface area contributed by atoms with E-state index in [0.29, 0.717) is 18.8 Å². The smallest absolute Gasteiger partial charge is 0.321 e. The van der Waals surface area contributed by atoms with Gasteiger partial charge in [0.1, 0.15) is 6.04 Å². The summed E-state index contributed by atoms with van der Waals surface area (Å²) in [6.45, 7) is 3.69. The maximum absolute atomic E-state index is 10.9. The van der Waals surface area contributed by atoms with Crippen LogP contribution in [-0.2, 0) is 4.79 Å². The number of rotatable bonds is 8. The molecule has 0 spiro atoms. The topological polar surface area (TPSA) is 105 Å². The highest BCUT2D eigenvalue weighted by molar-refractivity contribution is 5.73. The van der Waals surface area contributed by atoms with Crippen LogP contribution < -0.4 is 16.8 Å². The fraction of sp³-hybridized carbons (Fsp3) is 0.700. The lowest BCUT2D eigenvalue weighted by Crippen LogP contribution is -2.40. The van der Waals surface area contributed by atoms with E-state index in [4.69, 9.17) is 16.6 Å². The summed E-state index contributed by atoms with van der Waals surface area (Å²) in [4.78, 5) is 12.8. The molecular formula is C10H22N4O2. The lowest BCUT2D eigenvalue weighted by atomic mass is 10.1. The Labute approximate surface area is 96.3 Å². The van der Waals surface area contributed by atoms with Crippen molar-refractivity contribution in [2.45, 2.75) is 19.4 Å². The van der Waals surface area contributed by atoms with Crippen LogP contribution in [0.25, 0.3) is 0 Å². The van der Waals surface area contributed by atoms with Crippen LogP contribution in [0.1, 0.15) is 13.3 Å². The van der Waals surface area contributed by atoms with Crippen molar-refractivity contribution in [2.75, 3.05) is 26.7 Å². The van der Waals surface area contributed by atoms with Crippen LogP contribution in [0.4, 0.5) is 0 Å². The number of aliphatic carboxylic acids is 1. The summed E-state index contributed by atoms with van der Waals surface area (Å²) in [5.41, 5.74) is 11.6. The quantitative estimate of drug-likeness (QED) is 0.432. The molecular weight excluding hydrogens is 208 g/mol. The number of carbonyl (C=O) groups is 1. The maximum Gasteiger partial charge on any atom is 0.321 e. The van der Waals surface area contributed by atoms with Crippen LogP contribution >= 0.6 is 0 Å². The van der Waals surface area contributed by atoms with Gasteiger partial charge in [0, 0.05) is 45.0 Å². The largest absolute Gasteiger partial charge is 0.480 e. The summed E-state index contributed by atoms with van der Waals surface area (Å²) in [5, 5.41) is 11.8. The standard InChI is InChI=1S/C10H22N4O2/c1-3-14(2)7-8(12)6-9(10(15)16)13-5-4-11/h7,9,13H,3-6,11-12H2,1-2H3,(H,15,16)/b8-7-. The Kier molecular flexibility index (Phi) is 7.32. The maximum atomic E-state index is 10.9. The molecule has 1 unspecified atom stereocenters. The van der Waals surface area contributed by atoms with Crippen LogP contribution in [0, 0.1) is 0 Å². The minimum atomic E-state index is -0.913. The Bertz CT molecular complexity index is 243. The molecule has 0 fully saturated rings. The van der Waals surface area contributed by atoms with Gasteiger partial charge in [0.05, 0.1) is 0 Å². The summed E-state index contributed by atoms with van der Waals surface area (Å²) in [5.74, 6) is -0.913. The molecule has 0 saturated heterocycles. The van der Waals surface area contributed by atoms with Crippen molar-refractivity contribution in [1.82, 2.24) is 10.2 Å². The molecule has 0 rings (SSSR count). The predicted molar refractivity (Wildman–Crippen MR) is 63.7 cm³/mol. The Balaban J connectivity index is 4.27. The van der Waals surface area contributed by atoms with Gasteiger partial charge in [-0.3, -0.25) is 4.79 Å². The van der Waals surface area contributed by atoms with E-state index in [0.717, 1.165) is 6.54 Å². The number of hydrogen-bond donors (Lipinski definition) is 4. The number of nitrogens with zero attached hydrogens (tertiary/aromatic N) is 1. The number of nitrogens with two attached hydrogens (primary N) is 2. The summed E-state index contributed by atoms with van der Waals surface area (Å²) in [6.07, 6.45) is 2.03. The fourth-order valence-corrected chi connectivity index (χ4v) is 1.17. The zero-order chi connectivity index (χ0) is 12.6. The zero-order valence-corrected chi connectivity index (χ0v) is 9.94. The highest BCUT2D eigenvalue weighted by Crippen LogP contribution is 2.01. The highest BCUT2D eigenvalue weighted by Gasteiger charge is 2.16. The third-order valence-electron chi connectivity index (χ3n) is 2.16.